The predicted molar refractivity (Wildman–Crippen MR) is 209 cm³/mol. The number of aliphatic carboxylic acids is 2. The number of aliphatic imine (C=N–C) groups is 1. The molecule has 0 fully saturated rings. The van der Waals surface area contributed by atoms with Crippen LogP contribution >= 0.6 is 0 Å². The molecule has 0 aliphatic carbocycles. The molecule has 6 amide bonds. The molecule has 0 aromatic heterocycles. The van der Waals surface area contributed by atoms with Crippen molar-refractivity contribution >= 4 is 53.3 Å². The van der Waals surface area contributed by atoms with Gasteiger partial charge in [0.15, 0.2) is 5.96 Å². The van der Waals surface area contributed by atoms with E-state index in [-0.39, 0.29) is 31.8 Å². The van der Waals surface area contributed by atoms with Crippen LogP contribution in [0.1, 0.15) is 71.8 Å². The standard InChI is InChI=1S/C36H59N11O10/c1-19(2)28(47-30(51)23(38)13-8-9-15-37)34(55)46-26(18-27(48)49)33(54)44-24(14-10-16-41-36(39)40)31(52)45-25(17-22-11-6-5-7-12-22)32(53)42-20(3)29(50)43-21(4)35(56)57/h5-7,11-12,19-21,23-26,28H,8-10,13-18,37-38H2,1-4H3,(H,42,53)(H,43,50)(H,44,54)(H,45,52)(H,46,55)(H,47,51)(H,48,49)(H,56,57)(H4,39,40,41)/t20-,21-,23-,24-,25-,26-,28-/m0/s1. The lowest BCUT2D eigenvalue weighted by Crippen LogP contribution is -2.60. The Balaban J connectivity index is 3.36. The molecule has 1 rings (SSSR count). The van der Waals surface area contributed by atoms with Gasteiger partial charge in [-0.25, -0.2) is 0 Å². The van der Waals surface area contributed by atoms with E-state index in [1.165, 1.54) is 13.8 Å². The Hall–Kier alpha value is -5.83. The van der Waals surface area contributed by atoms with Crippen LogP contribution in [-0.2, 0) is 44.8 Å². The second kappa shape index (κ2) is 25.4. The van der Waals surface area contributed by atoms with Gasteiger partial charge in [0.05, 0.1) is 12.5 Å². The lowest BCUT2D eigenvalue weighted by atomic mass is 10.0. The molecular weight excluding hydrogens is 746 g/mol. The van der Waals surface area contributed by atoms with Crippen molar-refractivity contribution in [3.8, 4) is 0 Å². The lowest BCUT2D eigenvalue weighted by Gasteiger charge is -2.28. The number of hydrogen-bond donors (Lipinski definition) is 12. The van der Waals surface area contributed by atoms with Crippen LogP contribution in [0.2, 0.25) is 0 Å². The Bertz CT molecular complexity index is 1560. The number of nitrogens with two attached hydrogens (primary N) is 4. The highest BCUT2D eigenvalue weighted by molar-refractivity contribution is 5.98. The van der Waals surface area contributed by atoms with E-state index in [4.69, 9.17) is 28.0 Å². The normalized spacial score (nSPS) is 14.6. The minimum atomic E-state index is -1.73. The van der Waals surface area contributed by atoms with Gasteiger partial charge < -0.3 is 65.0 Å². The van der Waals surface area contributed by atoms with Crippen LogP contribution in [0.3, 0.4) is 0 Å². The van der Waals surface area contributed by atoms with E-state index in [0.717, 1.165) is 0 Å². The second-order valence-corrected chi connectivity index (χ2v) is 13.8. The number of nitrogens with zero attached hydrogens (tertiary/aromatic N) is 1. The molecule has 16 N–H and O–H groups in total. The zero-order chi connectivity index (χ0) is 43.2. The van der Waals surface area contributed by atoms with Crippen molar-refractivity contribution < 1.29 is 48.6 Å². The van der Waals surface area contributed by atoms with Gasteiger partial charge in [-0.1, -0.05) is 50.6 Å². The van der Waals surface area contributed by atoms with E-state index in [9.17, 15) is 43.5 Å². The highest BCUT2D eigenvalue weighted by atomic mass is 16.4. The molecule has 0 spiro atoms. The number of benzene rings is 1. The van der Waals surface area contributed by atoms with E-state index in [1.54, 1.807) is 44.2 Å². The van der Waals surface area contributed by atoms with Gasteiger partial charge in [0.25, 0.3) is 0 Å². The summed E-state index contributed by atoms with van der Waals surface area (Å²) in [5.41, 5.74) is 22.9. The number of carbonyl (C=O) groups excluding carboxylic acids is 6. The predicted octanol–water partition coefficient (Wildman–Crippen LogP) is -3.10. The first kappa shape index (κ1) is 49.2. The number of nitrogens with one attached hydrogen (secondary N) is 6. The molecule has 0 aliphatic heterocycles. The SMILES string of the molecule is CC(C)[C@H](NC(=O)[C@@H](N)CCCCN)C(=O)N[C@@H](CC(=O)O)C(=O)N[C@@H](CCCN=C(N)N)C(=O)N[C@@H](Cc1ccccc1)C(=O)N[C@@H](C)C(=O)N[C@@H](C)C(=O)O. The summed E-state index contributed by atoms with van der Waals surface area (Å²) in [5, 5.41) is 33.5. The Kier molecular flexibility index (Phi) is 21.9. The van der Waals surface area contributed by atoms with E-state index < -0.39 is 102 Å². The molecule has 0 saturated heterocycles. The molecule has 0 saturated carbocycles. The van der Waals surface area contributed by atoms with Gasteiger partial charge >= 0.3 is 11.9 Å². The van der Waals surface area contributed by atoms with Crippen LogP contribution in [0.25, 0.3) is 0 Å². The Morgan fingerprint density at radius 3 is 1.77 bits per heavy atom. The van der Waals surface area contributed by atoms with Crippen molar-refractivity contribution in [2.75, 3.05) is 13.1 Å². The summed E-state index contributed by atoms with van der Waals surface area (Å²) >= 11 is 0. The van der Waals surface area contributed by atoms with Gasteiger partial charge in [0.2, 0.25) is 35.4 Å². The van der Waals surface area contributed by atoms with Crippen molar-refractivity contribution in [1.82, 2.24) is 31.9 Å². The summed E-state index contributed by atoms with van der Waals surface area (Å²) in [7, 11) is 0. The summed E-state index contributed by atoms with van der Waals surface area (Å²) < 4.78 is 0. The zero-order valence-corrected chi connectivity index (χ0v) is 32.8. The summed E-state index contributed by atoms with van der Waals surface area (Å²) in [6.07, 6.45) is 0.533. The zero-order valence-electron chi connectivity index (χ0n) is 32.8. The van der Waals surface area contributed by atoms with E-state index in [1.807, 2.05) is 0 Å². The van der Waals surface area contributed by atoms with Crippen LogP contribution in [-0.4, -0.2) is 119 Å². The van der Waals surface area contributed by atoms with Gasteiger partial charge in [-0.2, -0.15) is 0 Å². The van der Waals surface area contributed by atoms with Gasteiger partial charge in [0.1, 0.15) is 36.3 Å². The third-order valence-electron chi connectivity index (χ3n) is 8.54. The van der Waals surface area contributed by atoms with Crippen molar-refractivity contribution in [2.24, 2.45) is 33.8 Å². The van der Waals surface area contributed by atoms with E-state index in [2.05, 4.69) is 36.9 Å². The molecule has 0 aliphatic rings. The van der Waals surface area contributed by atoms with Gasteiger partial charge in [-0.3, -0.25) is 43.3 Å². The fourth-order valence-electron chi connectivity index (χ4n) is 5.24. The first-order chi connectivity index (χ1) is 26.8. The smallest absolute Gasteiger partial charge is 0.325 e. The molecule has 21 nitrogen and oxygen atoms in total. The molecule has 0 radical (unpaired) electrons. The summed E-state index contributed by atoms with van der Waals surface area (Å²) in [4.78, 5) is 107. The maximum absolute atomic E-state index is 13.9. The molecule has 7 atom stereocenters. The largest absolute Gasteiger partial charge is 0.481 e. The maximum atomic E-state index is 13.9. The number of carboxylic acid groups (broad SMARTS) is 2. The van der Waals surface area contributed by atoms with Crippen molar-refractivity contribution in [3.63, 3.8) is 0 Å². The van der Waals surface area contributed by atoms with Gasteiger partial charge in [-0.15, -0.1) is 0 Å². The maximum Gasteiger partial charge on any atom is 0.325 e. The summed E-state index contributed by atoms with van der Waals surface area (Å²) in [6.45, 7) is 6.25. The molecule has 21 heteroatoms. The Morgan fingerprint density at radius 2 is 1.21 bits per heavy atom. The van der Waals surface area contributed by atoms with Gasteiger partial charge in [-0.05, 0) is 57.6 Å². The first-order valence-electron chi connectivity index (χ1n) is 18.6. The first-order valence-corrected chi connectivity index (χ1v) is 18.6. The number of hydrogen-bond acceptors (Lipinski definition) is 11. The number of amides is 6. The van der Waals surface area contributed by atoms with Gasteiger partial charge in [0, 0.05) is 13.0 Å². The van der Waals surface area contributed by atoms with Crippen LogP contribution in [0, 0.1) is 5.92 Å². The van der Waals surface area contributed by atoms with Crippen LogP contribution in [0.4, 0.5) is 0 Å². The second-order valence-electron chi connectivity index (χ2n) is 13.8. The third kappa shape index (κ3) is 19.1. The van der Waals surface area contributed by atoms with E-state index in [0.29, 0.717) is 31.4 Å². The van der Waals surface area contributed by atoms with Crippen molar-refractivity contribution in [1.29, 1.82) is 0 Å². The van der Waals surface area contributed by atoms with Crippen LogP contribution < -0.4 is 54.8 Å². The van der Waals surface area contributed by atoms with Crippen molar-refractivity contribution in [3.05, 3.63) is 35.9 Å². The number of guanidine groups is 1. The molecular formula is C36H59N11O10. The molecule has 0 heterocycles. The third-order valence-corrected chi connectivity index (χ3v) is 8.54. The number of carbonyl (C=O) groups is 8. The average Bonchev–Trinajstić information content (AvgIpc) is 3.13. The Labute approximate surface area is 331 Å². The summed E-state index contributed by atoms with van der Waals surface area (Å²) in [6, 6.07) is -0.625. The van der Waals surface area contributed by atoms with Crippen LogP contribution in [0.15, 0.2) is 35.3 Å². The number of unbranched alkanes of at least 4 members (excludes halogenated alkanes) is 1. The Morgan fingerprint density at radius 1 is 0.649 bits per heavy atom. The molecule has 1 aromatic carbocycles. The van der Waals surface area contributed by atoms with E-state index >= 15 is 0 Å². The minimum absolute atomic E-state index is 0.0245. The van der Waals surface area contributed by atoms with Crippen molar-refractivity contribution in [2.45, 2.75) is 115 Å². The fraction of sp³-hybridized carbons (Fsp3) is 0.583. The minimum Gasteiger partial charge on any atom is -0.481 e. The lowest BCUT2D eigenvalue weighted by molar-refractivity contribution is -0.142. The highest BCUT2D eigenvalue weighted by Crippen LogP contribution is 2.09. The topological polar surface area (TPSA) is 366 Å². The molecule has 0 bridgehead atoms. The highest BCUT2D eigenvalue weighted by Gasteiger charge is 2.34. The molecule has 0 unspecified atom stereocenters. The monoisotopic (exact) mass is 805 g/mol. The quantitative estimate of drug-likeness (QED) is 0.0251. The molecule has 318 valence electrons. The van der Waals surface area contributed by atoms with Crippen LogP contribution in [0.5, 0.6) is 0 Å². The number of rotatable bonds is 26. The number of carboxylic acids is 2. The fourth-order valence-corrected chi connectivity index (χ4v) is 5.24. The molecule has 57 heavy (non-hydrogen) atoms. The summed E-state index contributed by atoms with van der Waals surface area (Å²) in [5.74, 6) is -8.60. The average molecular weight is 806 g/mol. The molecule has 1 aromatic rings.